The van der Waals surface area contributed by atoms with Crippen LogP contribution >= 0.6 is 0 Å². The summed E-state index contributed by atoms with van der Waals surface area (Å²) in [7, 11) is 0. The lowest BCUT2D eigenvalue weighted by molar-refractivity contribution is -0.142. The van der Waals surface area contributed by atoms with Gasteiger partial charge in [0.2, 0.25) is 0 Å². The van der Waals surface area contributed by atoms with Gasteiger partial charge in [-0.3, -0.25) is 4.79 Å². The molecule has 4 nitrogen and oxygen atoms in total. The highest BCUT2D eigenvalue weighted by atomic mass is 16.5. The first kappa shape index (κ1) is 15.6. The zero-order valence-electron chi connectivity index (χ0n) is 13.6. The van der Waals surface area contributed by atoms with Gasteiger partial charge in [-0.25, -0.2) is 4.79 Å². The van der Waals surface area contributed by atoms with Crippen LogP contribution in [0.25, 0.3) is 11.1 Å². The van der Waals surface area contributed by atoms with E-state index in [1.165, 1.54) is 0 Å². The Balaban J connectivity index is 1.72. The minimum absolute atomic E-state index is 0.0231. The number of hydrogen-bond donors (Lipinski definition) is 1. The number of ether oxygens (including phenoxy) is 1. The van der Waals surface area contributed by atoms with Gasteiger partial charge in [0.1, 0.15) is 11.3 Å². The lowest BCUT2D eigenvalue weighted by Gasteiger charge is -2.22. The highest BCUT2D eigenvalue weighted by Crippen LogP contribution is 2.50. The van der Waals surface area contributed by atoms with Crippen LogP contribution in [0.4, 0.5) is 0 Å². The fourth-order valence-electron chi connectivity index (χ4n) is 3.90. The van der Waals surface area contributed by atoms with Crippen LogP contribution < -0.4 is 4.74 Å². The molecule has 2 aromatic carbocycles. The first-order valence-corrected chi connectivity index (χ1v) is 8.42. The Hall–Kier alpha value is -2.88. The second kappa shape index (κ2) is 5.88. The number of carbonyl (C=O) groups excluding carboxylic acids is 1. The average Bonchev–Trinajstić information content (AvgIpc) is 3.24. The molecular formula is C21H18O4. The molecule has 2 atom stereocenters. The minimum atomic E-state index is -1.11. The third-order valence-corrected chi connectivity index (χ3v) is 5.21. The van der Waals surface area contributed by atoms with Gasteiger partial charge in [-0.2, -0.15) is 0 Å². The van der Waals surface area contributed by atoms with E-state index in [9.17, 15) is 14.7 Å². The van der Waals surface area contributed by atoms with Crippen molar-refractivity contribution in [3.05, 3.63) is 66.2 Å². The lowest BCUT2D eigenvalue weighted by atomic mass is 9.88. The van der Waals surface area contributed by atoms with Crippen LogP contribution in [-0.4, -0.2) is 17.0 Å². The molecule has 0 aliphatic heterocycles. The van der Waals surface area contributed by atoms with Crippen LogP contribution in [0.5, 0.6) is 5.75 Å². The Morgan fingerprint density at radius 2 is 1.88 bits per heavy atom. The summed E-state index contributed by atoms with van der Waals surface area (Å²) in [5.74, 6) is -0.901. The molecule has 4 rings (SSSR count). The topological polar surface area (TPSA) is 63.6 Å². The Morgan fingerprint density at radius 1 is 1.08 bits per heavy atom. The van der Waals surface area contributed by atoms with Gasteiger partial charge in [0, 0.05) is 0 Å². The normalized spacial score (nSPS) is 23.6. The highest BCUT2D eigenvalue weighted by molar-refractivity contribution is 6.00. The van der Waals surface area contributed by atoms with Crippen LogP contribution in [0.2, 0.25) is 0 Å². The number of esters is 1. The van der Waals surface area contributed by atoms with E-state index in [0.29, 0.717) is 11.5 Å². The molecule has 2 bridgehead atoms. The molecule has 0 amide bonds. The molecule has 0 saturated heterocycles. The summed E-state index contributed by atoms with van der Waals surface area (Å²) >= 11 is 0. The SMILES string of the molecule is O=C(O)c1c(OC(=O)C23C=CC(CC2)C3)cccc1-c1ccccc1. The Labute approximate surface area is 145 Å². The van der Waals surface area contributed by atoms with E-state index in [-0.39, 0.29) is 17.3 Å². The number of fused-ring (bicyclic) bond motifs is 2. The van der Waals surface area contributed by atoms with E-state index >= 15 is 0 Å². The number of rotatable bonds is 4. The Kier molecular flexibility index (Phi) is 3.68. The number of benzene rings is 2. The molecule has 0 heterocycles. The summed E-state index contributed by atoms with van der Waals surface area (Å²) in [5.41, 5.74) is 0.762. The van der Waals surface area contributed by atoms with Gasteiger partial charge in [-0.1, -0.05) is 54.6 Å². The zero-order chi connectivity index (χ0) is 17.4. The summed E-state index contributed by atoms with van der Waals surface area (Å²) in [4.78, 5) is 24.6. The van der Waals surface area contributed by atoms with Crippen LogP contribution in [0.15, 0.2) is 60.7 Å². The Morgan fingerprint density at radius 3 is 2.48 bits per heavy atom. The first-order chi connectivity index (χ1) is 12.1. The number of aromatic carboxylic acids is 1. The largest absolute Gasteiger partial charge is 0.478 e. The van der Waals surface area contributed by atoms with Gasteiger partial charge < -0.3 is 9.84 Å². The minimum Gasteiger partial charge on any atom is -0.478 e. The molecule has 1 fully saturated rings. The fourth-order valence-corrected chi connectivity index (χ4v) is 3.90. The molecule has 2 aliphatic carbocycles. The standard InChI is InChI=1S/C21H18O4/c22-19(23)18-16(15-5-2-1-3-6-15)7-4-8-17(18)25-20(24)21-11-9-14(13-21)10-12-21/h1-9,11,14H,10,12-13H2,(H,22,23). The smallest absolute Gasteiger partial charge is 0.340 e. The van der Waals surface area contributed by atoms with Crippen molar-refractivity contribution in [3.63, 3.8) is 0 Å². The molecule has 2 unspecified atom stereocenters. The van der Waals surface area contributed by atoms with Gasteiger partial charge in [0.25, 0.3) is 0 Å². The van der Waals surface area contributed by atoms with Crippen LogP contribution in [0.1, 0.15) is 29.6 Å². The quantitative estimate of drug-likeness (QED) is 0.514. The number of carbonyl (C=O) groups is 2. The van der Waals surface area contributed by atoms with Gasteiger partial charge in [-0.05, 0) is 42.4 Å². The maximum atomic E-state index is 12.8. The van der Waals surface area contributed by atoms with E-state index in [1.807, 2.05) is 36.4 Å². The average molecular weight is 334 g/mol. The van der Waals surface area contributed by atoms with Crippen molar-refractivity contribution in [2.45, 2.75) is 19.3 Å². The van der Waals surface area contributed by atoms with Gasteiger partial charge in [-0.15, -0.1) is 0 Å². The summed E-state index contributed by atoms with van der Waals surface area (Å²) in [5, 5.41) is 9.71. The predicted molar refractivity (Wildman–Crippen MR) is 93.4 cm³/mol. The molecule has 1 saturated carbocycles. The van der Waals surface area contributed by atoms with Gasteiger partial charge >= 0.3 is 11.9 Å². The van der Waals surface area contributed by atoms with Gasteiger partial charge in [0.15, 0.2) is 0 Å². The van der Waals surface area contributed by atoms with Crippen LogP contribution in [0, 0.1) is 11.3 Å². The molecule has 2 aliphatic rings. The molecule has 25 heavy (non-hydrogen) atoms. The van der Waals surface area contributed by atoms with E-state index in [1.54, 1.807) is 18.2 Å². The lowest BCUT2D eigenvalue weighted by Crippen LogP contribution is -2.30. The third-order valence-electron chi connectivity index (χ3n) is 5.21. The molecule has 126 valence electrons. The van der Waals surface area contributed by atoms with Crippen molar-refractivity contribution in [1.82, 2.24) is 0 Å². The van der Waals surface area contributed by atoms with Gasteiger partial charge in [0.05, 0.1) is 5.41 Å². The number of carboxylic acid groups (broad SMARTS) is 1. The van der Waals surface area contributed by atoms with Crippen LogP contribution in [0.3, 0.4) is 0 Å². The number of allylic oxidation sites excluding steroid dienone is 1. The first-order valence-electron chi connectivity index (χ1n) is 8.42. The van der Waals surface area contributed by atoms with Crippen molar-refractivity contribution in [3.8, 4) is 16.9 Å². The second-order valence-electron chi connectivity index (χ2n) is 6.76. The third kappa shape index (κ3) is 2.64. The van der Waals surface area contributed by atoms with E-state index in [2.05, 4.69) is 6.08 Å². The molecule has 0 spiro atoms. The maximum Gasteiger partial charge on any atom is 0.340 e. The summed E-state index contributed by atoms with van der Waals surface area (Å²) < 4.78 is 5.60. The van der Waals surface area contributed by atoms with Crippen molar-refractivity contribution >= 4 is 11.9 Å². The number of hydrogen-bond acceptors (Lipinski definition) is 3. The van der Waals surface area contributed by atoms with E-state index < -0.39 is 11.4 Å². The second-order valence-corrected chi connectivity index (χ2v) is 6.76. The van der Waals surface area contributed by atoms with Crippen molar-refractivity contribution in [2.75, 3.05) is 0 Å². The summed E-state index contributed by atoms with van der Waals surface area (Å²) in [6.07, 6.45) is 6.54. The molecule has 1 N–H and O–H groups in total. The predicted octanol–water partition coefficient (Wildman–Crippen LogP) is 4.31. The molecule has 0 aromatic heterocycles. The number of carboxylic acids is 1. The maximum absolute atomic E-state index is 12.8. The monoisotopic (exact) mass is 334 g/mol. The van der Waals surface area contributed by atoms with Crippen molar-refractivity contribution in [1.29, 1.82) is 0 Å². The molecular weight excluding hydrogens is 316 g/mol. The van der Waals surface area contributed by atoms with E-state index in [0.717, 1.165) is 24.8 Å². The highest BCUT2D eigenvalue weighted by Gasteiger charge is 2.48. The summed E-state index contributed by atoms with van der Waals surface area (Å²) in [6.45, 7) is 0. The molecule has 2 aromatic rings. The molecule has 0 radical (unpaired) electrons. The zero-order valence-corrected chi connectivity index (χ0v) is 13.6. The van der Waals surface area contributed by atoms with Crippen LogP contribution in [-0.2, 0) is 4.79 Å². The van der Waals surface area contributed by atoms with E-state index in [4.69, 9.17) is 4.74 Å². The van der Waals surface area contributed by atoms with Crippen molar-refractivity contribution < 1.29 is 19.4 Å². The fraction of sp³-hybridized carbons (Fsp3) is 0.238. The summed E-state index contributed by atoms with van der Waals surface area (Å²) in [6, 6.07) is 14.2. The Bertz CT molecular complexity index is 869. The van der Waals surface area contributed by atoms with Crippen molar-refractivity contribution in [2.24, 2.45) is 11.3 Å². The molecule has 4 heteroatoms.